The predicted octanol–water partition coefficient (Wildman–Crippen LogP) is 1.14. The summed E-state index contributed by atoms with van der Waals surface area (Å²) >= 11 is 0. The monoisotopic (exact) mass is 406 g/mol. The molecule has 0 radical (unpaired) electrons. The Labute approximate surface area is 172 Å². The molecular formula is C21H22N6O3. The average Bonchev–Trinajstić information content (AvgIpc) is 3.20. The number of hydrogen-bond donors (Lipinski definition) is 4. The Balaban J connectivity index is 1.29. The van der Waals surface area contributed by atoms with Gasteiger partial charge in [-0.1, -0.05) is 48.5 Å². The van der Waals surface area contributed by atoms with Crippen LogP contribution in [0.25, 0.3) is 10.8 Å². The molecule has 1 aromatic heterocycles. The Bertz CT molecular complexity index is 1110. The number of aromatic amines is 1. The molecule has 0 bridgehead atoms. The van der Waals surface area contributed by atoms with E-state index in [0.29, 0.717) is 10.8 Å². The van der Waals surface area contributed by atoms with Gasteiger partial charge in [-0.05, 0) is 18.1 Å². The lowest BCUT2D eigenvalue weighted by Gasteiger charge is -2.17. The fourth-order valence-corrected chi connectivity index (χ4v) is 3.62. The highest BCUT2D eigenvalue weighted by Gasteiger charge is 2.24. The van der Waals surface area contributed by atoms with E-state index < -0.39 is 11.9 Å². The normalized spacial score (nSPS) is 16.3. The number of aromatic nitrogens is 2. The second kappa shape index (κ2) is 8.75. The summed E-state index contributed by atoms with van der Waals surface area (Å²) in [7, 11) is 0. The molecule has 4 N–H and O–H groups in total. The first-order chi connectivity index (χ1) is 14.6. The van der Waals surface area contributed by atoms with Crippen LogP contribution in [-0.2, 0) is 6.54 Å². The standard InChI is InChI=1S/C21H22N6O3/c28-19-17-9-5-4-8-16(17)18(23-24-19)20(29)25-26-21(30)22-15-10-11-27(13-15)12-14-6-2-1-3-7-14/h1-9,15H,10-13H2,(H,24,28)(H,25,29)(H2,22,26,30). The summed E-state index contributed by atoms with van der Waals surface area (Å²) in [6.07, 6.45) is 0.834. The van der Waals surface area contributed by atoms with E-state index >= 15 is 0 Å². The SMILES string of the molecule is O=C(NNC(=O)c1n[nH]c(=O)c2ccccc12)NC1CCN(Cc2ccccc2)C1. The Kier molecular flexibility index (Phi) is 5.71. The fraction of sp³-hybridized carbons (Fsp3) is 0.238. The van der Waals surface area contributed by atoms with E-state index in [2.05, 4.69) is 43.4 Å². The van der Waals surface area contributed by atoms with E-state index in [1.807, 2.05) is 18.2 Å². The maximum Gasteiger partial charge on any atom is 0.333 e. The third kappa shape index (κ3) is 4.47. The first-order valence-corrected chi connectivity index (χ1v) is 9.71. The van der Waals surface area contributed by atoms with Gasteiger partial charge in [0.15, 0.2) is 5.69 Å². The number of carbonyl (C=O) groups is 2. The van der Waals surface area contributed by atoms with E-state index in [1.165, 1.54) is 5.56 Å². The average molecular weight is 406 g/mol. The smallest absolute Gasteiger partial charge is 0.333 e. The van der Waals surface area contributed by atoms with Crippen LogP contribution in [-0.4, -0.2) is 46.2 Å². The van der Waals surface area contributed by atoms with Gasteiger partial charge in [0.1, 0.15) is 0 Å². The van der Waals surface area contributed by atoms with Gasteiger partial charge in [0.25, 0.3) is 11.5 Å². The van der Waals surface area contributed by atoms with Crippen LogP contribution in [0.1, 0.15) is 22.5 Å². The maximum absolute atomic E-state index is 12.4. The van der Waals surface area contributed by atoms with E-state index in [9.17, 15) is 14.4 Å². The maximum atomic E-state index is 12.4. The number of carbonyl (C=O) groups excluding carboxylic acids is 2. The minimum Gasteiger partial charge on any atom is -0.333 e. The van der Waals surface area contributed by atoms with E-state index in [1.54, 1.807) is 24.3 Å². The van der Waals surface area contributed by atoms with E-state index in [4.69, 9.17) is 0 Å². The number of fused-ring (bicyclic) bond motifs is 1. The second-order valence-corrected chi connectivity index (χ2v) is 7.21. The van der Waals surface area contributed by atoms with Gasteiger partial charge in [-0.15, -0.1) is 0 Å². The van der Waals surface area contributed by atoms with Crippen molar-refractivity contribution in [2.45, 2.75) is 19.0 Å². The van der Waals surface area contributed by atoms with Crippen LogP contribution in [0.5, 0.6) is 0 Å². The quantitative estimate of drug-likeness (QED) is 0.485. The largest absolute Gasteiger partial charge is 0.333 e. The van der Waals surface area contributed by atoms with E-state index in [-0.39, 0.29) is 17.3 Å². The van der Waals surface area contributed by atoms with Gasteiger partial charge in [-0.25, -0.2) is 15.3 Å². The molecule has 0 saturated carbocycles. The molecule has 154 valence electrons. The van der Waals surface area contributed by atoms with Gasteiger partial charge in [-0.3, -0.25) is 19.9 Å². The molecule has 1 atom stereocenters. The van der Waals surface area contributed by atoms with Gasteiger partial charge in [0.2, 0.25) is 0 Å². The van der Waals surface area contributed by atoms with Crippen molar-refractivity contribution in [1.82, 2.24) is 31.3 Å². The zero-order valence-electron chi connectivity index (χ0n) is 16.2. The molecule has 3 aromatic rings. The number of benzene rings is 2. The van der Waals surface area contributed by atoms with Crippen molar-refractivity contribution < 1.29 is 9.59 Å². The van der Waals surface area contributed by atoms with Crippen LogP contribution < -0.4 is 21.7 Å². The molecule has 1 fully saturated rings. The lowest BCUT2D eigenvalue weighted by Crippen LogP contribution is -2.50. The minimum atomic E-state index is -0.616. The number of amides is 3. The molecule has 2 aromatic carbocycles. The van der Waals surface area contributed by atoms with Gasteiger partial charge in [0.05, 0.1) is 5.39 Å². The number of likely N-dealkylation sites (tertiary alicyclic amines) is 1. The summed E-state index contributed by atoms with van der Waals surface area (Å²) < 4.78 is 0. The van der Waals surface area contributed by atoms with Crippen molar-refractivity contribution in [1.29, 1.82) is 0 Å². The zero-order chi connectivity index (χ0) is 20.9. The third-order valence-corrected chi connectivity index (χ3v) is 5.06. The predicted molar refractivity (Wildman–Crippen MR) is 112 cm³/mol. The summed E-state index contributed by atoms with van der Waals surface area (Å²) in [6, 6.07) is 16.3. The molecule has 4 rings (SSSR count). The number of nitrogens with zero attached hydrogens (tertiary/aromatic N) is 2. The van der Waals surface area contributed by atoms with Crippen molar-refractivity contribution in [2.75, 3.05) is 13.1 Å². The Hall–Kier alpha value is -3.72. The molecule has 1 aliphatic heterocycles. The van der Waals surface area contributed by atoms with Crippen LogP contribution in [0.15, 0.2) is 59.4 Å². The number of hydrazine groups is 1. The topological polar surface area (TPSA) is 119 Å². The van der Waals surface area contributed by atoms with E-state index in [0.717, 1.165) is 26.1 Å². The van der Waals surface area contributed by atoms with Crippen molar-refractivity contribution in [3.05, 3.63) is 76.2 Å². The molecule has 1 saturated heterocycles. The van der Waals surface area contributed by atoms with Crippen molar-refractivity contribution >= 4 is 22.7 Å². The summed E-state index contributed by atoms with van der Waals surface area (Å²) in [4.78, 5) is 38.7. The number of nitrogens with one attached hydrogen (secondary N) is 4. The number of hydrogen-bond acceptors (Lipinski definition) is 5. The Morgan fingerprint density at radius 3 is 2.57 bits per heavy atom. The van der Waals surface area contributed by atoms with Crippen LogP contribution in [0.3, 0.4) is 0 Å². The molecule has 1 unspecified atom stereocenters. The van der Waals surface area contributed by atoms with Crippen molar-refractivity contribution in [2.24, 2.45) is 0 Å². The van der Waals surface area contributed by atoms with Gasteiger partial charge >= 0.3 is 6.03 Å². The molecule has 2 heterocycles. The molecule has 3 amide bonds. The summed E-state index contributed by atoms with van der Waals surface area (Å²) in [5, 5.41) is 9.73. The van der Waals surface area contributed by atoms with Gasteiger partial charge < -0.3 is 5.32 Å². The van der Waals surface area contributed by atoms with Crippen molar-refractivity contribution in [3.63, 3.8) is 0 Å². The highest BCUT2D eigenvalue weighted by molar-refractivity contribution is 6.05. The molecule has 0 spiro atoms. The number of urea groups is 1. The summed E-state index contributed by atoms with van der Waals surface area (Å²) in [5.41, 5.74) is 5.57. The first-order valence-electron chi connectivity index (χ1n) is 9.71. The summed E-state index contributed by atoms with van der Waals surface area (Å²) in [6.45, 7) is 2.46. The molecule has 1 aliphatic rings. The summed E-state index contributed by atoms with van der Waals surface area (Å²) in [5.74, 6) is -0.616. The van der Waals surface area contributed by atoms with Crippen LogP contribution in [0, 0.1) is 0 Å². The third-order valence-electron chi connectivity index (χ3n) is 5.06. The zero-order valence-corrected chi connectivity index (χ0v) is 16.2. The molecule has 0 aliphatic carbocycles. The highest BCUT2D eigenvalue weighted by atomic mass is 16.2. The molecular weight excluding hydrogens is 384 g/mol. The molecule has 9 heteroatoms. The fourth-order valence-electron chi connectivity index (χ4n) is 3.62. The number of rotatable bonds is 4. The van der Waals surface area contributed by atoms with Gasteiger partial charge in [-0.2, -0.15) is 5.10 Å². The Morgan fingerprint density at radius 1 is 1.03 bits per heavy atom. The van der Waals surface area contributed by atoms with Crippen molar-refractivity contribution in [3.8, 4) is 0 Å². The minimum absolute atomic E-state index is 0.00218. The van der Waals surface area contributed by atoms with Crippen LogP contribution in [0.2, 0.25) is 0 Å². The Morgan fingerprint density at radius 2 is 1.77 bits per heavy atom. The van der Waals surface area contributed by atoms with Crippen LogP contribution >= 0.6 is 0 Å². The van der Waals surface area contributed by atoms with Gasteiger partial charge in [0, 0.05) is 31.1 Å². The molecule has 9 nitrogen and oxygen atoms in total. The lowest BCUT2D eigenvalue weighted by atomic mass is 10.1. The van der Waals surface area contributed by atoms with Crippen LogP contribution in [0.4, 0.5) is 4.79 Å². The first kappa shape index (κ1) is 19.6. The number of H-pyrrole nitrogens is 1. The second-order valence-electron chi connectivity index (χ2n) is 7.21. The lowest BCUT2D eigenvalue weighted by molar-refractivity contribution is 0.0931. The highest BCUT2D eigenvalue weighted by Crippen LogP contribution is 2.14. The molecule has 30 heavy (non-hydrogen) atoms.